The van der Waals surface area contributed by atoms with Crippen molar-refractivity contribution in [1.82, 2.24) is 4.90 Å². The van der Waals surface area contributed by atoms with Gasteiger partial charge in [-0.15, -0.1) is 0 Å². The van der Waals surface area contributed by atoms with Crippen molar-refractivity contribution in [3.05, 3.63) is 76.5 Å². The molecule has 1 aliphatic rings. The zero-order valence-corrected chi connectivity index (χ0v) is 18.5. The lowest BCUT2D eigenvalue weighted by atomic mass is 10.0. The summed E-state index contributed by atoms with van der Waals surface area (Å²) in [7, 11) is 0. The number of nitrogens with one attached hydrogen (secondary N) is 1. The fourth-order valence-electron chi connectivity index (χ4n) is 3.43. The number of carbonyl (C=O) groups excluding carboxylic acids is 3. The van der Waals surface area contributed by atoms with Crippen LogP contribution in [-0.2, 0) is 9.59 Å². The van der Waals surface area contributed by atoms with E-state index in [2.05, 4.69) is 0 Å². The van der Waals surface area contributed by atoms with Crippen LogP contribution in [0.15, 0.2) is 53.4 Å². The maximum Gasteiger partial charge on any atom is 0.294 e. The van der Waals surface area contributed by atoms with E-state index in [0.717, 1.165) is 16.8 Å². The molecule has 0 bridgehead atoms. The summed E-state index contributed by atoms with van der Waals surface area (Å²) >= 11 is 0.647. The maximum atomic E-state index is 13.8. The van der Waals surface area contributed by atoms with Crippen LogP contribution in [-0.4, -0.2) is 35.1 Å². The Morgan fingerprint density at radius 2 is 1.82 bits per heavy atom. The normalized spacial score (nSPS) is 14.8. The minimum atomic E-state index is -1.74. The second kappa shape index (κ2) is 9.60. The van der Waals surface area contributed by atoms with Crippen LogP contribution >= 0.6 is 11.8 Å². The van der Waals surface area contributed by atoms with Crippen LogP contribution in [0, 0.1) is 17.5 Å². The van der Waals surface area contributed by atoms with E-state index in [0.29, 0.717) is 40.6 Å². The summed E-state index contributed by atoms with van der Waals surface area (Å²) in [6.07, 6.45) is 1.53. The van der Waals surface area contributed by atoms with Crippen molar-refractivity contribution in [2.45, 2.75) is 6.92 Å². The molecule has 3 aromatic carbocycles. The molecule has 0 spiro atoms. The summed E-state index contributed by atoms with van der Waals surface area (Å²) in [6.45, 7) is 1.48. The van der Waals surface area contributed by atoms with E-state index in [4.69, 9.17) is 4.74 Å². The summed E-state index contributed by atoms with van der Waals surface area (Å²) in [6, 6.07) is 12.6. The number of rotatable bonds is 6. The Hall–Kier alpha value is -3.79. The largest absolute Gasteiger partial charge is 0.493 e. The fourth-order valence-corrected chi connectivity index (χ4v) is 4.25. The van der Waals surface area contributed by atoms with Crippen molar-refractivity contribution >= 4 is 51.4 Å². The highest BCUT2D eigenvalue weighted by Gasteiger charge is 2.36. The molecule has 0 radical (unpaired) electrons. The Bertz CT molecular complexity index is 1360. The van der Waals surface area contributed by atoms with Gasteiger partial charge in [0.15, 0.2) is 17.5 Å². The lowest BCUT2D eigenvalue weighted by Crippen LogP contribution is -2.36. The van der Waals surface area contributed by atoms with Gasteiger partial charge in [0.1, 0.15) is 12.3 Å². The first kappa shape index (κ1) is 23.4. The number of hydrogen-bond donors (Lipinski definition) is 1. The Balaban J connectivity index is 1.58. The number of carbonyl (C=O) groups is 3. The molecule has 0 unspecified atom stereocenters. The first-order valence-electron chi connectivity index (χ1n) is 10.1. The maximum absolute atomic E-state index is 13.8. The lowest BCUT2D eigenvalue weighted by molar-refractivity contribution is -0.127. The van der Waals surface area contributed by atoms with Crippen LogP contribution in [0.4, 0.5) is 23.7 Å². The van der Waals surface area contributed by atoms with Gasteiger partial charge in [-0.05, 0) is 53.7 Å². The van der Waals surface area contributed by atoms with Gasteiger partial charge in [-0.25, -0.2) is 13.2 Å². The number of benzene rings is 3. The van der Waals surface area contributed by atoms with E-state index in [1.807, 2.05) is 42.6 Å². The van der Waals surface area contributed by atoms with Crippen LogP contribution in [0.2, 0.25) is 0 Å². The van der Waals surface area contributed by atoms with E-state index in [1.54, 1.807) is 6.07 Å². The van der Waals surface area contributed by atoms with Crippen molar-refractivity contribution in [1.29, 1.82) is 0 Å². The van der Waals surface area contributed by atoms with Crippen molar-refractivity contribution in [3.63, 3.8) is 0 Å². The van der Waals surface area contributed by atoms with Crippen LogP contribution in [0.3, 0.4) is 0 Å². The predicted octanol–water partition coefficient (Wildman–Crippen LogP) is 5.33. The number of thioether (sulfide) groups is 1. The number of anilines is 1. The first-order chi connectivity index (χ1) is 16.3. The molecule has 34 heavy (non-hydrogen) atoms. The van der Waals surface area contributed by atoms with Gasteiger partial charge >= 0.3 is 0 Å². The minimum absolute atomic E-state index is 0.0779. The highest BCUT2D eigenvalue weighted by molar-refractivity contribution is 8.18. The minimum Gasteiger partial charge on any atom is -0.493 e. The highest BCUT2D eigenvalue weighted by atomic mass is 32.2. The van der Waals surface area contributed by atoms with Gasteiger partial charge in [-0.1, -0.05) is 30.3 Å². The van der Waals surface area contributed by atoms with Gasteiger partial charge in [-0.3, -0.25) is 19.3 Å². The van der Waals surface area contributed by atoms with Crippen LogP contribution in [0.5, 0.6) is 5.75 Å². The summed E-state index contributed by atoms with van der Waals surface area (Å²) < 4.78 is 46.0. The summed E-state index contributed by atoms with van der Waals surface area (Å²) in [5, 5.41) is 3.07. The number of imide groups is 1. The van der Waals surface area contributed by atoms with E-state index < -0.39 is 46.7 Å². The molecule has 1 heterocycles. The summed E-state index contributed by atoms with van der Waals surface area (Å²) in [5.41, 5.74) is 0.00212. The molecule has 4 rings (SSSR count). The zero-order chi connectivity index (χ0) is 24.4. The zero-order valence-electron chi connectivity index (χ0n) is 17.7. The molecule has 174 valence electrons. The number of nitrogens with zero attached hydrogens (tertiary/aromatic N) is 1. The first-order valence-corrected chi connectivity index (χ1v) is 10.9. The van der Waals surface area contributed by atoms with Gasteiger partial charge in [-0.2, -0.15) is 0 Å². The van der Waals surface area contributed by atoms with E-state index in [1.165, 1.54) is 6.08 Å². The number of ether oxygens (including phenoxy) is 1. The van der Waals surface area contributed by atoms with E-state index in [-0.39, 0.29) is 4.91 Å². The Morgan fingerprint density at radius 1 is 1.06 bits per heavy atom. The third kappa shape index (κ3) is 4.49. The van der Waals surface area contributed by atoms with Gasteiger partial charge in [0, 0.05) is 5.56 Å². The second-order valence-electron chi connectivity index (χ2n) is 7.17. The van der Waals surface area contributed by atoms with Crippen molar-refractivity contribution < 1.29 is 32.3 Å². The van der Waals surface area contributed by atoms with E-state index >= 15 is 0 Å². The Morgan fingerprint density at radius 3 is 2.59 bits per heavy atom. The molecule has 3 aromatic rings. The van der Waals surface area contributed by atoms with Gasteiger partial charge in [0.05, 0.1) is 17.2 Å². The van der Waals surface area contributed by atoms with Gasteiger partial charge in [0.25, 0.3) is 11.1 Å². The Kier molecular flexibility index (Phi) is 6.60. The molecular weight excluding hydrogens is 469 g/mol. The van der Waals surface area contributed by atoms with Crippen LogP contribution < -0.4 is 10.1 Å². The van der Waals surface area contributed by atoms with E-state index in [9.17, 15) is 27.6 Å². The molecule has 0 atom stereocenters. The average Bonchev–Trinajstić information content (AvgIpc) is 3.08. The SMILES string of the molecule is CCOc1ccc2ccccc2c1/C=C1/SC(=O)N(CC(=O)Nc2ccc(F)c(F)c2F)C1=O. The standard InChI is InChI=1S/C24H17F3N2O4S/c1-2-33-18-10-7-13-5-3-4-6-14(13)15(18)11-19-23(31)29(24(32)34-19)12-20(30)28-17-9-8-16(25)21(26)22(17)27/h3-11H,2,12H2,1H3,(H,28,30)/b19-11+. The predicted molar refractivity (Wildman–Crippen MR) is 123 cm³/mol. The molecule has 10 heteroatoms. The van der Waals surface area contributed by atoms with Crippen molar-refractivity contribution in [2.24, 2.45) is 0 Å². The topological polar surface area (TPSA) is 75.7 Å². The van der Waals surface area contributed by atoms with Gasteiger partial charge < -0.3 is 10.1 Å². The number of halogens is 3. The fraction of sp³-hybridized carbons (Fsp3) is 0.125. The smallest absolute Gasteiger partial charge is 0.294 e. The summed E-state index contributed by atoms with van der Waals surface area (Å²) in [4.78, 5) is 38.4. The Labute approximate surface area is 196 Å². The second-order valence-corrected chi connectivity index (χ2v) is 8.16. The molecule has 0 saturated carbocycles. The third-order valence-electron chi connectivity index (χ3n) is 4.99. The lowest BCUT2D eigenvalue weighted by Gasteiger charge is -2.13. The van der Waals surface area contributed by atoms with Crippen LogP contribution in [0.25, 0.3) is 16.8 Å². The highest BCUT2D eigenvalue weighted by Crippen LogP contribution is 2.36. The molecule has 1 saturated heterocycles. The molecule has 0 aromatic heterocycles. The quantitative estimate of drug-likeness (QED) is 0.377. The third-order valence-corrected chi connectivity index (χ3v) is 5.90. The molecule has 1 N–H and O–H groups in total. The molecule has 3 amide bonds. The van der Waals surface area contributed by atoms with Gasteiger partial charge in [0.2, 0.25) is 5.91 Å². The molecule has 1 fully saturated rings. The number of hydrogen-bond acceptors (Lipinski definition) is 5. The number of amides is 3. The van der Waals surface area contributed by atoms with Crippen molar-refractivity contribution in [3.8, 4) is 5.75 Å². The molecule has 6 nitrogen and oxygen atoms in total. The molecule has 0 aliphatic carbocycles. The average molecular weight is 486 g/mol. The molecular formula is C24H17F3N2O4S. The monoisotopic (exact) mass is 486 g/mol. The molecule has 1 aliphatic heterocycles. The number of fused-ring (bicyclic) bond motifs is 1. The van der Waals surface area contributed by atoms with Crippen molar-refractivity contribution in [2.75, 3.05) is 18.5 Å². The summed E-state index contributed by atoms with van der Waals surface area (Å²) in [5.74, 6) is -5.88. The van der Waals surface area contributed by atoms with Crippen LogP contribution in [0.1, 0.15) is 12.5 Å².